The molecule has 84 valence electrons. The maximum atomic E-state index is 11.4. The first-order valence-electron chi connectivity index (χ1n) is 4.98. The molecule has 0 radical (unpaired) electrons. The Hall–Kier alpha value is -1.36. The third-order valence-electron chi connectivity index (χ3n) is 2.21. The lowest BCUT2D eigenvalue weighted by Gasteiger charge is -2.10. The molecule has 0 unspecified atom stereocenters. The molecule has 1 heterocycles. The highest BCUT2D eigenvalue weighted by Gasteiger charge is 2.27. The van der Waals surface area contributed by atoms with Gasteiger partial charge in [0.1, 0.15) is 0 Å². The van der Waals surface area contributed by atoms with Crippen molar-refractivity contribution in [1.82, 2.24) is 4.90 Å². The van der Waals surface area contributed by atoms with E-state index in [1.165, 1.54) is 4.90 Å². The predicted octanol–water partition coefficient (Wildman–Crippen LogP) is 2.32. The summed E-state index contributed by atoms with van der Waals surface area (Å²) in [5.41, 5.74) is 0.762. The van der Waals surface area contributed by atoms with E-state index in [2.05, 4.69) is 20.9 Å². The molecule has 0 N–H and O–H groups in total. The van der Waals surface area contributed by atoms with E-state index in [-0.39, 0.29) is 12.5 Å². The molecular formula is C11H11BrN2O2. The van der Waals surface area contributed by atoms with Crippen molar-refractivity contribution in [2.24, 2.45) is 4.99 Å². The van der Waals surface area contributed by atoms with Crippen LogP contribution in [0.15, 0.2) is 33.7 Å². The molecule has 0 atom stereocenters. The van der Waals surface area contributed by atoms with E-state index in [0.717, 1.165) is 10.2 Å². The van der Waals surface area contributed by atoms with Crippen LogP contribution in [-0.4, -0.2) is 30.0 Å². The van der Waals surface area contributed by atoms with Gasteiger partial charge in [-0.1, -0.05) is 22.0 Å². The summed E-state index contributed by atoms with van der Waals surface area (Å²) in [4.78, 5) is 17.2. The number of ether oxygens (including phenoxy) is 1. The van der Waals surface area contributed by atoms with Gasteiger partial charge < -0.3 is 4.74 Å². The van der Waals surface area contributed by atoms with Gasteiger partial charge in [-0.2, -0.15) is 4.99 Å². The van der Waals surface area contributed by atoms with E-state index in [1.54, 1.807) is 0 Å². The number of amides is 1. The summed E-state index contributed by atoms with van der Waals surface area (Å²) < 4.78 is 6.17. The van der Waals surface area contributed by atoms with Gasteiger partial charge in [0.25, 0.3) is 11.9 Å². The van der Waals surface area contributed by atoms with Gasteiger partial charge in [-0.3, -0.25) is 9.69 Å². The lowest BCUT2D eigenvalue weighted by Crippen LogP contribution is -2.29. The van der Waals surface area contributed by atoms with Crippen LogP contribution in [0.25, 0.3) is 0 Å². The summed E-state index contributed by atoms with van der Waals surface area (Å²) in [6.45, 7) is 2.55. The Labute approximate surface area is 102 Å². The summed E-state index contributed by atoms with van der Waals surface area (Å²) in [6.07, 6.45) is 0. The molecule has 1 aromatic rings. The van der Waals surface area contributed by atoms with E-state index in [0.29, 0.717) is 12.6 Å². The molecule has 2 rings (SSSR count). The van der Waals surface area contributed by atoms with Crippen LogP contribution in [-0.2, 0) is 9.53 Å². The van der Waals surface area contributed by atoms with Crippen LogP contribution in [0.1, 0.15) is 6.92 Å². The SMILES string of the molecule is CCN1C(=O)COC1=Nc1cccc(Br)c1. The molecule has 0 spiro atoms. The Morgan fingerprint density at radius 3 is 3.06 bits per heavy atom. The van der Waals surface area contributed by atoms with Crippen LogP contribution in [0.4, 0.5) is 5.69 Å². The summed E-state index contributed by atoms with van der Waals surface area (Å²) >= 11 is 3.36. The Balaban J connectivity index is 2.27. The van der Waals surface area contributed by atoms with Gasteiger partial charge in [-0.15, -0.1) is 0 Å². The molecule has 1 amide bonds. The summed E-state index contributed by atoms with van der Waals surface area (Å²) in [5.74, 6) is -0.0451. The van der Waals surface area contributed by atoms with Crippen LogP contribution in [0.2, 0.25) is 0 Å². The number of carbonyl (C=O) groups is 1. The second-order valence-corrected chi connectivity index (χ2v) is 4.22. The van der Waals surface area contributed by atoms with Crippen LogP contribution >= 0.6 is 15.9 Å². The molecule has 0 saturated carbocycles. The normalized spacial score (nSPS) is 18.0. The molecule has 4 nitrogen and oxygen atoms in total. The topological polar surface area (TPSA) is 41.9 Å². The molecule has 16 heavy (non-hydrogen) atoms. The summed E-state index contributed by atoms with van der Waals surface area (Å²) in [7, 11) is 0. The highest BCUT2D eigenvalue weighted by molar-refractivity contribution is 9.10. The first-order chi connectivity index (χ1) is 7.70. The first-order valence-corrected chi connectivity index (χ1v) is 5.77. The minimum absolute atomic E-state index is 0.0451. The number of likely N-dealkylation sites (N-methyl/N-ethyl adjacent to an activating group) is 1. The number of aliphatic imine (C=N–C) groups is 1. The third kappa shape index (κ3) is 2.24. The van der Waals surface area contributed by atoms with Crippen molar-refractivity contribution < 1.29 is 9.53 Å². The lowest BCUT2D eigenvalue weighted by atomic mass is 10.3. The van der Waals surface area contributed by atoms with E-state index in [4.69, 9.17) is 4.74 Å². The molecule has 1 aliphatic rings. The maximum absolute atomic E-state index is 11.4. The van der Waals surface area contributed by atoms with E-state index in [9.17, 15) is 4.79 Å². The Bertz CT molecular complexity index is 445. The third-order valence-corrected chi connectivity index (χ3v) is 2.70. The molecule has 1 aromatic carbocycles. The van der Waals surface area contributed by atoms with Gasteiger partial charge in [-0.05, 0) is 25.1 Å². The highest BCUT2D eigenvalue weighted by Crippen LogP contribution is 2.20. The summed E-state index contributed by atoms with van der Waals surface area (Å²) in [5, 5.41) is 0. The van der Waals surface area contributed by atoms with E-state index < -0.39 is 0 Å². The van der Waals surface area contributed by atoms with Gasteiger partial charge in [0.2, 0.25) is 0 Å². The monoisotopic (exact) mass is 282 g/mol. The number of hydrogen-bond acceptors (Lipinski definition) is 3. The molecule has 1 saturated heterocycles. The van der Waals surface area contributed by atoms with Crippen molar-refractivity contribution in [3.05, 3.63) is 28.7 Å². The van der Waals surface area contributed by atoms with E-state index in [1.807, 2.05) is 31.2 Å². The standard InChI is InChI=1S/C11H11BrN2O2/c1-2-14-10(15)7-16-11(14)13-9-5-3-4-8(12)6-9/h3-6H,2,7H2,1H3. The zero-order valence-electron chi connectivity index (χ0n) is 8.81. The van der Waals surface area contributed by atoms with Crippen molar-refractivity contribution in [3.63, 3.8) is 0 Å². The number of carbonyl (C=O) groups excluding carboxylic acids is 1. The Morgan fingerprint density at radius 2 is 2.38 bits per heavy atom. The number of hydrogen-bond donors (Lipinski definition) is 0. The minimum atomic E-state index is -0.0451. The van der Waals surface area contributed by atoms with Crippen molar-refractivity contribution in [2.45, 2.75) is 6.92 Å². The largest absolute Gasteiger partial charge is 0.454 e. The zero-order chi connectivity index (χ0) is 11.5. The zero-order valence-corrected chi connectivity index (χ0v) is 10.4. The van der Waals surface area contributed by atoms with E-state index >= 15 is 0 Å². The van der Waals surface area contributed by atoms with Gasteiger partial charge in [0.05, 0.1) is 5.69 Å². The van der Waals surface area contributed by atoms with Crippen molar-refractivity contribution >= 4 is 33.5 Å². The number of rotatable bonds is 2. The maximum Gasteiger partial charge on any atom is 0.300 e. The smallest absolute Gasteiger partial charge is 0.300 e. The molecule has 0 aliphatic carbocycles. The average Bonchev–Trinajstić information content (AvgIpc) is 2.59. The van der Waals surface area contributed by atoms with Crippen LogP contribution in [0.3, 0.4) is 0 Å². The molecule has 1 fully saturated rings. The highest BCUT2D eigenvalue weighted by atomic mass is 79.9. The molecule has 1 aliphatic heterocycles. The fraction of sp³-hybridized carbons (Fsp3) is 0.273. The van der Waals surface area contributed by atoms with Gasteiger partial charge in [0.15, 0.2) is 6.61 Å². The Kier molecular flexibility index (Phi) is 3.24. The number of benzene rings is 1. The minimum Gasteiger partial charge on any atom is -0.454 e. The van der Waals surface area contributed by atoms with Crippen LogP contribution < -0.4 is 0 Å². The number of amidine groups is 1. The van der Waals surface area contributed by atoms with Crippen molar-refractivity contribution in [1.29, 1.82) is 0 Å². The van der Waals surface area contributed by atoms with Gasteiger partial charge in [-0.25, -0.2) is 0 Å². The molecular weight excluding hydrogens is 272 g/mol. The second-order valence-electron chi connectivity index (χ2n) is 3.30. The Morgan fingerprint density at radius 1 is 1.56 bits per heavy atom. The first kappa shape index (κ1) is 11.1. The second kappa shape index (κ2) is 4.65. The molecule has 5 heteroatoms. The predicted molar refractivity (Wildman–Crippen MR) is 64.6 cm³/mol. The average molecular weight is 283 g/mol. The van der Waals surface area contributed by atoms with Crippen LogP contribution in [0.5, 0.6) is 0 Å². The lowest BCUT2D eigenvalue weighted by molar-refractivity contribution is -0.125. The van der Waals surface area contributed by atoms with Gasteiger partial charge in [0, 0.05) is 11.0 Å². The summed E-state index contributed by atoms with van der Waals surface area (Å²) in [6, 6.07) is 7.91. The van der Waals surface area contributed by atoms with Crippen LogP contribution in [0, 0.1) is 0 Å². The number of halogens is 1. The van der Waals surface area contributed by atoms with Gasteiger partial charge >= 0.3 is 0 Å². The van der Waals surface area contributed by atoms with Crippen molar-refractivity contribution in [2.75, 3.05) is 13.2 Å². The van der Waals surface area contributed by atoms with Crippen molar-refractivity contribution in [3.8, 4) is 0 Å². The molecule has 0 bridgehead atoms. The fourth-order valence-corrected chi connectivity index (χ4v) is 1.84. The quantitative estimate of drug-likeness (QED) is 0.835. The number of nitrogens with zero attached hydrogens (tertiary/aromatic N) is 2. The fourth-order valence-electron chi connectivity index (χ4n) is 1.45. The molecule has 0 aromatic heterocycles.